The summed E-state index contributed by atoms with van der Waals surface area (Å²) >= 11 is 1.56. The lowest BCUT2D eigenvalue weighted by Gasteiger charge is -2.14. The number of nitrogens with zero attached hydrogens (tertiary/aromatic N) is 1. The molecule has 1 aromatic carbocycles. The van der Waals surface area contributed by atoms with Crippen molar-refractivity contribution in [2.75, 3.05) is 12.0 Å². The molecule has 3 rings (SSSR count). The normalized spacial score (nSPS) is 13.3. The first-order valence-electron chi connectivity index (χ1n) is 6.38. The van der Waals surface area contributed by atoms with Gasteiger partial charge in [0.25, 0.3) is 5.91 Å². The van der Waals surface area contributed by atoms with Crippen molar-refractivity contribution in [3.63, 3.8) is 0 Å². The van der Waals surface area contributed by atoms with Gasteiger partial charge in [0.05, 0.1) is 12.4 Å². The summed E-state index contributed by atoms with van der Waals surface area (Å²) in [6.45, 7) is 1.68. The van der Waals surface area contributed by atoms with Gasteiger partial charge in [0.2, 0.25) is 0 Å². The number of thiophene rings is 1. The van der Waals surface area contributed by atoms with Crippen LogP contribution in [-0.4, -0.2) is 17.5 Å². The first-order valence-corrected chi connectivity index (χ1v) is 7.32. The maximum absolute atomic E-state index is 12.0. The Hall–Kier alpha value is -2.27. The second-order valence-electron chi connectivity index (χ2n) is 4.59. The van der Waals surface area contributed by atoms with Gasteiger partial charge in [-0.3, -0.25) is 4.79 Å². The van der Waals surface area contributed by atoms with E-state index in [0.717, 1.165) is 18.9 Å². The van der Waals surface area contributed by atoms with Crippen molar-refractivity contribution in [1.82, 2.24) is 10.2 Å². The van der Waals surface area contributed by atoms with Gasteiger partial charge in [0.1, 0.15) is 0 Å². The summed E-state index contributed by atoms with van der Waals surface area (Å²) < 4.78 is 0. The fraction of sp³-hybridized carbons (Fsp3) is 0.133. The molecule has 1 aliphatic heterocycles. The second-order valence-corrected chi connectivity index (χ2v) is 5.37. The molecule has 1 aromatic heterocycles. The number of amides is 1. The van der Waals surface area contributed by atoms with E-state index in [1.165, 1.54) is 5.56 Å². The van der Waals surface area contributed by atoms with Gasteiger partial charge in [0, 0.05) is 29.9 Å². The van der Waals surface area contributed by atoms with E-state index in [-0.39, 0.29) is 5.91 Å². The zero-order valence-electron chi connectivity index (χ0n) is 10.9. The van der Waals surface area contributed by atoms with Crippen molar-refractivity contribution in [1.29, 1.82) is 0 Å². The predicted molar refractivity (Wildman–Crippen MR) is 81.4 cm³/mol. The minimum atomic E-state index is -0.0716. The van der Waals surface area contributed by atoms with E-state index in [2.05, 4.69) is 15.5 Å². The van der Waals surface area contributed by atoms with Crippen LogP contribution in [0.2, 0.25) is 0 Å². The van der Waals surface area contributed by atoms with Gasteiger partial charge in [-0.2, -0.15) is 11.3 Å². The third-order valence-corrected chi connectivity index (χ3v) is 3.76. The summed E-state index contributed by atoms with van der Waals surface area (Å²) in [5.41, 5.74) is 2.71. The molecule has 0 spiro atoms. The summed E-state index contributed by atoms with van der Waals surface area (Å²) in [4.78, 5) is 14.2. The molecule has 0 atom stereocenters. The Labute approximate surface area is 121 Å². The second kappa shape index (κ2) is 5.79. The van der Waals surface area contributed by atoms with E-state index >= 15 is 0 Å². The quantitative estimate of drug-likeness (QED) is 0.908. The first kappa shape index (κ1) is 12.7. The predicted octanol–water partition coefficient (Wildman–Crippen LogP) is 2.83. The summed E-state index contributed by atoms with van der Waals surface area (Å²) in [6.07, 6.45) is 3.96. The average molecular weight is 285 g/mol. The molecule has 102 valence electrons. The Morgan fingerprint density at radius 1 is 1.30 bits per heavy atom. The van der Waals surface area contributed by atoms with Gasteiger partial charge >= 0.3 is 0 Å². The first-order chi connectivity index (χ1) is 9.81. The van der Waals surface area contributed by atoms with Crippen LogP contribution in [0.1, 0.15) is 15.9 Å². The van der Waals surface area contributed by atoms with Crippen molar-refractivity contribution in [3.05, 3.63) is 64.6 Å². The summed E-state index contributed by atoms with van der Waals surface area (Å²) in [5.74, 6) is -0.0716. The summed E-state index contributed by atoms with van der Waals surface area (Å²) in [5, 5.41) is 9.86. The fourth-order valence-electron chi connectivity index (χ4n) is 2.02. The maximum Gasteiger partial charge on any atom is 0.255 e. The highest BCUT2D eigenvalue weighted by atomic mass is 32.1. The number of rotatable bonds is 4. The highest BCUT2D eigenvalue weighted by Gasteiger charge is 2.08. The standard InChI is InChI=1S/C15H15N3OS/c19-15(17-14-5-8-20-10-14)13-3-1-12(2-4-13)9-18-7-6-16-11-18/h1-8,10,16H,9,11H2,(H,17,19). The molecular formula is C15H15N3OS. The highest BCUT2D eigenvalue weighted by molar-refractivity contribution is 7.08. The van der Waals surface area contributed by atoms with E-state index in [1.807, 2.05) is 53.5 Å². The molecular weight excluding hydrogens is 270 g/mol. The van der Waals surface area contributed by atoms with Crippen LogP contribution in [0.3, 0.4) is 0 Å². The smallest absolute Gasteiger partial charge is 0.255 e. The van der Waals surface area contributed by atoms with E-state index < -0.39 is 0 Å². The zero-order valence-corrected chi connectivity index (χ0v) is 11.7. The lowest BCUT2D eigenvalue weighted by Crippen LogP contribution is -2.20. The van der Waals surface area contributed by atoms with Crippen molar-refractivity contribution in [2.45, 2.75) is 6.54 Å². The van der Waals surface area contributed by atoms with Gasteiger partial charge in [-0.1, -0.05) is 12.1 Å². The van der Waals surface area contributed by atoms with E-state index in [1.54, 1.807) is 11.3 Å². The van der Waals surface area contributed by atoms with Crippen LogP contribution in [0.5, 0.6) is 0 Å². The highest BCUT2D eigenvalue weighted by Crippen LogP contribution is 2.14. The Morgan fingerprint density at radius 3 is 2.80 bits per heavy atom. The lowest BCUT2D eigenvalue weighted by atomic mass is 10.1. The molecule has 0 radical (unpaired) electrons. The van der Waals surface area contributed by atoms with Crippen molar-refractivity contribution in [2.24, 2.45) is 0 Å². The molecule has 5 heteroatoms. The van der Waals surface area contributed by atoms with Crippen LogP contribution >= 0.6 is 11.3 Å². The number of carbonyl (C=O) groups excluding carboxylic acids is 1. The largest absolute Gasteiger partial charge is 0.373 e. The van der Waals surface area contributed by atoms with Crippen LogP contribution in [0.25, 0.3) is 0 Å². The molecule has 20 heavy (non-hydrogen) atoms. The topological polar surface area (TPSA) is 44.4 Å². The molecule has 0 aliphatic carbocycles. The SMILES string of the molecule is O=C(Nc1ccsc1)c1ccc(CN2C=CNC2)cc1. The minimum Gasteiger partial charge on any atom is -0.373 e. The van der Waals surface area contributed by atoms with Crippen molar-refractivity contribution >= 4 is 22.9 Å². The fourth-order valence-corrected chi connectivity index (χ4v) is 2.61. The minimum absolute atomic E-state index is 0.0716. The van der Waals surface area contributed by atoms with E-state index in [9.17, 15) is 4.79 Å². The molecule has 2 aromatic rings. The molecule has 0 unspecified atom stereocenters. The Morgan fingerprint density at radius 2 is 2.15 bits per heavy atom. The molecule has 2 heterocycles. The van der Waals surface area contributed by atoms with Crippen LogP contribution in [0, 0.1) is 0 Å². The van der Waals surface area contributed by atoms with Gasteiger partial charge in [-0.05, 0) is 29.1 Å². The van der Waals surface area contributed by atoms with Crippen LogP contribution in [-0.2, 0) is 6.54 Å². The van der Waals surface area contributed by atoms with Crippen molar-refractivity contribution in [3.8, 4) is 0 Å². The third kappa shape index (κ3) is 3.00. The van der Waals surface area contributed by atoms with Crippen molar-refractivity contribution < 1.29 is 4.79 Å². The molecule has 2 N–H and O–H groups in total. The van der Waals surface area contributed by atoms with Crippen LogP contribution < -0.4 is 10.6 Å². The third-order valence-electron chi connectivity index (χ3n) is 3.08. The van der Waals surface area contributed by atoms with Gasteiger partial charge < -0.3 is 15.5 Å². The molecule has 0 fully saturated rings. The number of hydrogen-bond acceptors (Lipinski definition) is 4. The van der Waals surface area contributed by atoms with E-state index in [4.69, 9.17) is 0 Å². The number of benzene rings is 1. The summed E-state index contributed by atoms with van der Waals surface area (Å²) in [6, 6.07) is 9.61. The van der Waals surface area contributed by atoms with Gasteiger partial charge in [-0.25, -0.2) is 0 Å². The number of hydrogen-bond donors (Lipinski definition) is 2. The van der Waals surface area contributed by atoms with Gasteiger partial charge in [-0.15, -0.1) is 0 Å². The number of nitrogens with one attached hydrogen (secondary N) is 2. The number of anilines is 1. The monoisotopic (exact) mass is 285 g/mol. The zero-order chi connectivity index (χ0) is 13.8. The lowest BCUT2D eigenvalue weighted by molar-refractivity contribution is 0.102. The molecule has 1 amide bonds. The van der Waals surface area contributed by atoms with E-state index in [0.29, 0.717) is 5.56 Å². The molecule has 0 saturated heterocycles. The Balaban J connectivity index is 1.63. The van der Waals surface area contributed by atoms with Gasteiger partial charge in [0.15, 0.2) is 0 Å². The van der Waals surface area contributed by atoms with Crippen LogP contribution in [0.15, 0.2) is 53.5 Å². The maximum atomic E-state index is 12.0. The molecule has 1 aliphatic rings. The summed E-state index contributed by atoms with van der Waals surface area (Å²) in [7, 11) is 0. The average Bonchev–Trinajstić information content (AvgIpc) is 3.13. The molecule has 4 nitrogen and oxygen atoms in total. The Bertz CT molecular complexity index is 605. The molecule has 0 saturated carbocycles. The Kier molecular flexibility index (Phi) is 3.69. The molecule has 0 bridgehead atoms. The van der Waals surface area contributed by atoms with Crippen LogP contribution in [0.4, 0.5) is 5.69 Å². The number of carbonyl (C=O) groups is 1.